The van der Waals surface area contributed by atoms with Gasteiger partial charge in [0.25, 0.3) is 0 Å². The summed E-state index contributed by atoms with van der Waals surface area (Å²) in [5.74, 6) is 3.02. The first-order chi connectivity index (χ1) is 13.9. The van der Waals surface area contributed by atoms with Crippen LogP contribution in [0.15, 0.2) is 24.3 Å². The van der Waals surface area contributed by atoms with Gasteiger partial charge in [0.15, 0.2) is 11.6 Å². The zero-order valence-corrected chi connectivity index (χ0v) is 18.4. The van der Waals surface area contributed by atoms with E-state index in [0.717, 1.165) is 28.5 Å². The van der Waals surface area contributed by atoms with Gasteiger partial charge in [0.1, 0.15) is 17.1 Å². The molecule has 0 bridgehead atoms. The Morgan fingerprint density at radius 3 is 2.52 bits per heavy atom. The molecule has 1 N–H and O–H groups in total. The summed E-state index contributed by atoms with van der Waals surface area (Å²) in [7, 11) is 0. The van der Waals surface area contributed by atoms with E-state index in [0.29, 0.717) is 17.2 Å². The average Bonchev–Trinajstić information content (AvgIpc) is 2.98. The Balaban J connectivity index is 1.66. The van der Waals surface area contributed by atoms with Gasteiger partial charge in [-0.2, -0.15) is 4.98 Å². The number of nitrogens with zero attached hydrogens (tertiary/aromatic N) is 2. The molecule has 1 fully saturated rings. The van der Waals surface area contributed by atoms with Crippen LogP contribution in [0.4, 0.5) is 0 Å². The number of likely N-dealkylation sites (tertiary alicyclic amines) is 1. The minimum Gasteiger partial charge on any atom is -0.438 e. The number of quaternary nitrogens is 1. The van der Waals surface area contributed by atoms with Crippen LogP contribution < -0.4 is 9.64 Å². The molecule has 152 valence electrons. The number of aryl methyl sites for hydroxylation is 2. The summed E-state index contributed by atoms with van der Waals surface area (Å²) in [4.78, 5) is 25.0. The van der Waals surface area contributed by atoms with Crippen molar-refractivity contribution >= 4 is 27.3 Å². The second-order valence-corrected chi connectivity index (χ2v) is 9.40. The first-order valence-corrected chi connectivity index (χ1v) is 11.1. The molecule has 3 heterocycles. The summed E-state index contributed by atoms with van der Waals surface area (Å²) in [5, 5.41) is 0.995. The molecule has 0 radical (unpaired) electrons. The van der Waals surface area contributed by atoms with Crippen LogP contribution in [0, 0.1) is 19.8 Å². The number of hydrogen-bond acceptors (Lipinski definition) is 5. The molecule has 0 spiro atoms. The number of ketones is 1. The van der Waals surface area contributed by atoms with Crippen LogP contribution in [0.2, 0.25) is 0 Å². The van der Waals surface area contributed by atoms with E-state index < -0.39 is 0 Å². The molecular formula is C23H28N3O2S+. The second kappa shape index (κ2) is 8.20. The Hall–Kier alpha value is -2.31. The van der Waals surface area contributed by atoms with E-state index >= 15 is 0 Å². The quantitative estimate of drug-likeness (QED) is 0.643. The predicted octanol–water partition coefficient (Wildman–Crippen LogP) is 4.12. The molecule has 0 unspecified atom stereocenters. The van der Waals surface area contributed by atoms with E-state index in [1.807, 2.05) is 12.1 Å². The molecule has 29 heavy (non-hydrogen) atoms. The summed E-state index contributed by atoms with van der Waals surface area (Å²) >= 11 is 1.70. The van der Waals surface area contributed by atoms with Crippen molar-refractivity contribution in [2.24, 2.45) is 5.92 Å². The lowest BCUT2D eigenvalue weighted by Crippen LogP contribution is -3.11. The molecule has 4 rings (SSSR count). The first kappa shape index (κ1) is 20.0. The Morgan fingerprint density at radius 2 is 1.86 bits per heavy atom. The standard InChI is InChI=1S/C23H27N3O2S/c1-14-9-11-26(12-10-14)13-20-24-22(21-15(2)17(4)29-23(21)25-20)28-19-7-5-18(6-8-19)16(3)27/h5-8,14H,9-13H2,1-4H3/p+1. The van der Waals surface area contributed by atoms with Crippen LogP contribution >= 0.6 is 11.3 Å². The summed E-state index contributed by atoms with van der Waals surface area (Å²) in [6.07, 6.45) is 2.53. The number of carbonyl (C=O) groups excluding carboxylic acids is 1. The number of benzene rings is 1. The molecule has 0 atom stereocenters. The maximum absolute atomic E-state index is 11.5. The van der Waals surface area contributed by atoms with Crippen molar-refractivity contribution in [3.05, 3.63) is 46.1 Å². The highest BCUT2D eigenvalue weighted by atomic mass is 32.1. The van der Waals surface area contributed by atoms with Crippen LogP contribution in [-0.2, 0) is 6.54 Å². The highest BCUT2D eigenvalue weighted by molar-refractivity contribution is 7.18. The third-order valence-corrected chi connectivity index (χ3v) is 7.01. The SMILES string of the molecule is CC(=O)c1ccc(Oc2nc(C[NH+]3CCC(C)CC3)nc3sc(C)c(C)c23)cc1. The number of carbonyl (C=O) groups is 1. The van der Waals surface area contributed by atoms with Crippen LogP contribution in [0.25, 0.3) is 10.2 Å². The lowest BCUT2D eigenvalue weighted by atomic mass is 9.99. The van der Waals surface area contributed by atoms with E-state index in [1.165, 1.54) is 36.4 Å². The molecule has 2 aromatic heterocycles. The molecule has 6 heteroatoms. The smallest absolute Gasteiger partial charge is 0.231 e. The summed E-state index contributed by atoms with van der Waals surface area (Å²) in [6.45, 7) is 11.3. The van der Waals surface area contributed by atoms with Gasteiger partial charge in [-0.05, 0) is 69.4 Å². The summed E-state index contributed by atoms with van der Waals surface area (Å²) < 4.78 is 6.20. The lowest BCUT2D eigenvalue weighted by molar-refractivity contribution is -0.920. The minimum absolute atomic E-state index is 0.0476. The first-order valence-electron chi connectivity index (χ1n) is 10.3. The number of thiophene rings is 1. The van der Waals surface area contributed by atoms with Gasteiger partial charge in [-0.15, -0.1) is 11.3 Å². The fourth-order valence-corrected chi connectivity index (χ4v) is 4.89. The van der Waals surface area contributed by atoms with Crippen molar-refractivity contribution in [2.75, 3.05) is 13.1 Å². The molecule has 0 amide bonds. The summed E-state index contributed by atoms with van der Waals surface area (Å²) in [6, 6.07) is 7.25. The molecule has 1 aromatic carbocycles. The van der Waals surface area contributed by atoms with Crippen LogP contribution in [0.3, 0.4) is 0 Å². The predicted molar refractivity (Wildman–Crippen MR) is 116 cm³/mol. The maximum Gasteiger partial charge on any atom is 0.231 e. The number of fused-ring (bicyclic) bond motifs is 1. The van der Waals surface area contributed by atoms with Gasteiger partial charge in [-0.1, -0.05) is 6.92 Å². The van der Waals surface area contributed by atoms with E-state index in [2.05, 4.69) is 20.8 Å². The van der Waals surface area contributed by atoms with Crippen molar-refractivity contribution in [2.45, 2.75) is 47.1 Å². The highest BCUT2D eigenvalue weighted by Crippen LogP contribution is 2.36. The van der Waals surface area contributed by atoms with Gasteiger partial charge in [0.05, 0.1) is 18.5 Å². The van der Waals surface area contributed by atoms with Crippen LogP contribution in [0.5, 0.6) is 11.6 Å². The molecule has 1 aliphatic rings. The second-order valence-electron chi connectivity index (χ2n) is 8.20. The molecular weight excluding hydrogens is 382 g/mol. The fourth-order valence-electron chi connectivity index (χ4n) is 3.85. The summed E-state index contributed by atoms with van der Waals surface area (Å²) in [5.41, 5.74) is 1.85. The Labute approximate surface area is 175 Å². The van der Waals surface area contributed by atoms with Crippen molar-refractivity contribution in [3.8, 4) is 11.6 Å². The zero-order chi connectivity index (χ0) is 20.5. The Bertz CT molecular complexity index is 1030. The highest BCUT2D eigenvalue weighted by Gasteiger charge is 2.22. The van der Waals surface area contributed by atoms with Crippen molar-refractivity contribution in [1.29, 1.82) is 0 Å². The van der Waals surface area contributed by atoms with Gasteiger partial charge in [0, 0.05) is 10.4 Å². The third-order valence-electron chi connectivity index (χ3n) is 5.91. The van der Waals surface area contributed by atoms with Gasteiger partial charge in [0.2, 0.25) is 5.88 Å². The lowest BCUT2D eigenvalue weighted by Gasteiger charge is -2.26. The fraction of sp³-hybridized carbons (Fsp3) is 0.435. The third kappa shape index (κ3) is 4.33. The molecule has 0 aliphatic carbocycles. The van der Waals surface area contributed by atoms with Crippen molar-refractivity contribution < 1.29 is 14.4 Å². The Kier molecular flexibility index (Phi) is 5.65. The van der Waals surface area contributed by atoms with Crippen LogP contribution in [-0.4, -0.2) is 28.8 Å². The monoisotopic (exact) mass is 410 g/mol. The number of piperidine rings is 1. The van der Waals surface area contributed by atoms with E-state index in [-0.39, 0.29) is 5.78 Å². The van der Waals surface area contributed by atoms with Crippen LogP contribution in [0.1, 0.15) is 53.3 Å². The molecule has 1 aliphatic heterocycles. The number of hydrogen-bond donors (Lipinski definition) is 1. The van der Waals surface area contributed by atoms with Gasteiger partial charge in [-0.3, -0.25) is 4.79 Å². The molecule has 0 saturated carbocycles. The van der Waals surface area contributed by atoms with E-state index in [1.54, 1.807) is 35.3 Å². The Morgan fingerprint density at radius 1 is 1.17 bits per heavy atom. The number of ether oxygens (including phenoxy) is 1. The number of nitrogens with one attached hydrogen (secondary N) is 1. The number of Topliss-reactive ketones (excluding diaryl/α,β-unsaturated/α-hetero) is 1. The average molecular weight is 411 g/mol. The van der Waals surface area contributed by atoms with E-state index in [4.69, 9.17) is 14.7 Å². The van der Waals surface area contributed by atoms with Gasteiger partial charge >= 0.3 is 0 Å². The molecule has 3 aromatic rings. The number of aromatic nitrogens is 2. The largest absolute Gasteiger partial charge is 0.438 e. The zero-order valence-electron chi connectivity index (χ0n) is 17.5. The topological polar surface area (TPSA) is 56.5 Å². The minimum atomic E-state index is 0.0476. The van der Waals surface area contributed by atoms with Gasteiger partial charge < -0.3 is 9.64 Å². The normalized spacial score (nSPS) is 19.4. The molecule has 1 saturated heterocycles. The molecule has 5 nitrogen and oxygen atoms in total. The van der Waals surface area contributed by atoms with Crippen molar-refractivity contribution in [3.63, 3.8) is 0 Å². The van der Waals surface area contributed by atoms with Crippen molar-refractivity contribution in [1.82, 2.24) is 9.97 Å². The van der Waals surface area contributed by atoms with Gasteiger partial charge in [-0.25, -0.2) is 4.98 Å². The maximum atomic E-state index is 11.5. The number of rotatable bonds is 5. The van der Waals surface area contributed by atoms with E-state index in [9.17, 15) is 4.79 Å².